The van der Waals surface area contributed by atoms with Gasteiger partial charge in [0.1, 0.15) is 5.69 Å². The summed E-state index contributed by atoms with van der Waals surface area (Å²) in [6, 6.07) is 14.4. The summed E-state index contributed by atoms with van der Waals surface area (Å²) in [6.45, 7) is 3.25. The van der Waals surface area contributed by atoms with Crippen molar-refractivity contribution in [3.05, 3.63) is 66.6 Å². The summed E-state index contributed by atoms with van der Waals surface area (Å²) >= 11 is 0. The number of pyridine rings is 1. The van der Waals surface area contributed by atoms with Crippen molar-refractivity contribution in [2.24, 2.45) is 11.8 Å². The van der Waals surface area contributed by atoms with Crippen molar-refractivity contribution < 1.29 is 4.79 Å². The van der Waals surface area contributed by atoms with Gasteiger partial charge in [0.05, 0.1) is 18.7 Å². The van der Waals surface area contributed by atoms with Crippen LogP contribution in [0.5, 0.6) is 0 Å². The Morgan fingerprint density at radius 1 is 1.17 bits per heavy atom. The third kappa shape index (κ3) is 3.98. The lowest BCUT2D eigenvalue weighted by molar-refractivity contribution is -0.133. The molecule has 30 heavy (non-hydrogen) atoms. The molecule has 3 aliphatic heterocycles. The largest absolute Gasteiger partial charge is 0.352 e. The number of carbonyl (C=O) groups excluding carboxylic acids is 1. The maximum atomic E-state index is 12.8. The first-order valence-corrected chi connectivity index (χ1v) is 10.6. The second-order valence-electron chi connectivity index (χ2n) is 8.31. The molecule has 3 fully saturated rings. The molecule has 7 nitrogen and oxygen atoms in total. The first kappa shape index (κ1) is 18.9. The molecule has 154 valence electrons. The van der Waals surface area contributed by atoms with Crippen LogP contribution in [0, 0.1) is 11.8 Å². The summed E-state index contributed by atoms with van der Waals surface area (Å²) in [6.07, 6.45) is 7.70. The van der Waals surface area contributed by atoms with Crippen LogP contribution in [0.25, 0.3) is 11.3 Å². The van der Waals surface area contributed by atoms with Crippen molar-refractivity contribution in [3.8, 4) is 11.3 Å². The molecule has 0 spiro atoms. The number of rotatable bonds is 6. The molecule has 3 aromatic rings. The summed E-state index contributed by atoms with van der Waals surface area (Å²) < 4.78 is 1.95. The van der Waals surface area contributed by atoms with Gasteiger partial charge >= 0.3 is 0 Å². The predicted molar refractivity (Wildman–Crippen MR) is 113 cm³/mol. The van der Waals surface area contributed by atoms with Crippen LogP contribution in [0.3, 0.4) is 0 Å². The van der Waals surface area contributed by atoms with Crippen molar-refractivity contribution >= 4 is 5.91 Å². The smallest absolute Gasteiger partial charge is 0.224 e. The molecule has 7 heteroatoms. The predicted octanol–water partition coefficient (Wildman–Crippen LogP) is 2.37. The van der Waals surface area contributed by atoms with Crippen LogP contribution >= 0.6 is 0 Å². The second kappa shape index (κ2) is 8.36. The number of hydrogen-bond acceptors (Lipinski definition) is 5. The van der Waals surface area contributed by atoms with E-state index in [-0.39, 0.29) is 11.8 Å². The maximum absolute atomic E-state index is 12.8. The van der Waals surface area contributed by atoms with Gasteiger partial charge in [-0.05, 0) is 36.9 Å². The number of nitrogens with one attached hydrogen (secondary N) is 1. The Balaban J connectivity index is 1.19. The minimum absolute atomic E-state index is 0.0716. The standard InChI is InChI=1S/C23H26N6O/c30-23(25-13-17-5-4-9-24-12-17)21-15-28-10-8-19(21)11-20(28)14-29-16-22(26-27-29)18-6-2-1-3-7-18/h1-7,9,12,16,19-21H,8,10-11,13-15H2,(H,25,30)/t19-,20+,21-/m0/s1. The summed E-state index contributed by atoms with van der Waals surface area (Å²) in [5, 5.41) is 11.8. The Bertz CT molecular complexity index is 989. The average Bonchev–Trinajstić information content (AvgIpc) is 3.28. The molecule has 3 saturated heterocycles. The van der Waals surface area contributed by atoms with Gasteiger partial charge in [0, 0.05) is 37.1 Å². The maximum Gasteiger partial charge on any atom is 0.224 e. The normalized spacial score (nSPS) is 25.2. The Morgan fingerprint density at radius 2 is 2.07 bits per heavy atom. The Morgan fingerprint density at radius 3 is 2.83 bits per heavy atom. The zero-order valence-corrected chi connectivity index (χ0v) is 16.9. The Labute approximate surface area is 176 Å². The fourth-order valence-corrected chi connectivity index (χ4v) is 4.79. The van der Waals surface area contributed by atoms with Gasteiger partial charge in [-0.25, -0.2) is 0 Å². The number of carbonyl (C=O) groups is 1. The molecule has 4 atom stereocenters. The summed E-state index contributed by atoms with van der Waals surface area (Å²) in [5.74, 6) is 0.674. The molecular weight excluding hydrogens is 376 g/mol. The highest BCUT2D eigenvalue weighted by Gasteiger charge is 2.43. The van der Waals surface area contributed by atoms with Gasteiger partial charge in [0.2, 0.25) is 5.91 Å². The van der Waals surface area contributed by atoms with Gasteiger partial charge in [0.25, 0.3) is 0 Å². The monoisotopic (exact) mass is 402 g/mol. The van der Waals surface area contributed by atoms with Crippen LogP contribution in [0.1, 0.15) is 18.4 Å². The Hall–Kier alpha value is -3.06. The number of piperidine rings is 3. The van der Waals surface area contributed by atoms with Gasteiger partial charge in [-0.1, -0.05) is 41.6 Å². The number of nitrogens with zero attached hydrogens (tertiary/aromatic N) is 5. The van der Waals surface area contributed by atoms with Crippen LogP contribution in [0.2, 0.25) is 0 Å². The highest BCUT2D eigenvalue weighted by Crippen LogP contribution is 2.37. The van der Waals surface area contributed by atoms with Gasteiger partial charge in [-0.3, -0.25) is 19.4 Å². The molecule has 0 aliphatic carbocycles. The third-order valence-electron chi connectivity index (χ3n) is 6.41. The van der Waals surface area contributed by atoms with E-state index in [2.05, 4.69) is 37.6 Å². The zero-order valence-electron chi connectivity index (χ0n) is 16.9. The van der Waals surface area contributed by atoms with Gasteiger partial charge in [-0.2, -0.15) is 0 Å². The molecule has 1 unspecified atom stereocenters. The number of aromatic nitrogens is 4. The van der Waals surface area contributed by atoms with Crippen molar-refractivity contribution in [3.63, 3.8) is 0 Å². The first-order valence-electron chi connectivity index (χ1n) is 10.6. The van der Waals surface area contributed by atoms with Crippen LogP contribution in [0.4, 0.5) is 0 Å². The lowest BCUT2D eigenvalue weighted by Crippen LogP contribution is -2.58. The van der Waals surface area contributed by atoms with Crippen molar-refractivity contribution in [1.82, 2.24) is 30.2 Å². The van der Waals surface area contributed by atoms with E-state index in [0.717, 1.165) is 49.3 Å². The van der Waals surface area contributed by atoms with Gasteiger partial charge in [-0.15, -0.1) is 5.10 Å². The zero-order chi connectivity index (χ0) is 20.3. The van der Waals surface area contributed by atoms with Crippen molar-refractivity contribution in [2.75, 3.05) is 13.1 Å². The van der Waals surface area contributed by atoms with E-state index in [1.807, 2.05) is 41.2 Å². The van der Waals surface area contributed by atoms with E-state index in [4.69, 9.17) is 0 Å². The van der Waals surface area contributed by atoms with E-state index in [9.17, 15) is 4.79 Å². The fraction of sp³-hybridized carbons (Fsp3) is 0.391. The summed E-state index contributed by atoms with van der Waals surface area (Å²) in [5.41, 5.74) is 3.02. The molecule has 0 saturated carbocycles. The molecule has 5 heterocycles. The van der Waals surface area contributed by atoms with E-state index < -0.39 is 0 Å². The molecule has 1 N–H and O–H groups in total. The van der Waals surface area contributed by atoms with Crippen molar-refractivity contribution in [1.29, 1.82) is 0 Å². The number of benzene rings is 1. The number of amides is 1. The van der Waals surface area contributed by atoms with E-state index in [1.54, 1.807) is 12.4 Å². The molecule has 1 amide bonds. The highest BCUT2D eigenvalue weighted by atomic mass is 16.1. The fourth-order valence-electron chi connectivity index (χ4n) is 4.79. The lowest BCUT2D eigenvalue weighted by atomic mass is 9.75. The van der Waals surface area contributed by atoms with E-state index >= 15 is 0 Å². The third-order valence-corrected chi connectivity index (χ3v) is 6.41. The van der Waals surface area contributed by atoms with Crippen LogP contribution in [-0.4, -0.2) is 49.9 Å². The second-order valence-corrected chi connectivity index (χ2v) is 8.31. The summed E-state index contributed by atoms with van der Waals surface area (Å²) in [7, 11) is 0. The van der Waals surface area contributed by atoms with E-state index in [0.29, 0.717) is 18.5 Å². The van der Waals surface area contributed by atoms with Crippen LogP contribution in [0.15, 0.2) is 61.1 Å². The summed E-state index contributed by atoms with van der Waals surface area (Å²) in [4.78, 5) is 19.4. The van der Waals surface area contributed by atoms with Crippen molar-refractivity contribution in [2.45, 2.75) is 32.0 Å². The molecule has 2 bridgehead atoms. The molecule has 1 aromatic carbocycles. The Kier molecular flexibility index (Phi) is 5.27. The number of hydrogen-bond donors (Lipinski definition) is 1. The van der Waals surface area contributed by atoms with Crippen LogP contribution < -0.4 is 5.32 Å². The minimum Gasteiger partial charge on any atom is -0.352 e. The lowest BCUT2D eigenvalue weighted by Gasteiger charge is -2.49. The highest BCUT2D eigenvalue weighted by molar-refractivity contribution is 5.79. The molecule has 0 radical (unpaired) electrons. The molecular formula is C23H26N6O. The molecule has 6 rings (SSSR count). The van der Waals surface area contributed by atoms with Gasteiger partial charge in [0.15, 0.2) is 0 Å². The topological polar surface area (TPSA) is 75.9 Å². The van der Waals surface area contributed by atoms with Crippen LogP contribution in [-0.2, 0) is 17.9 Å². The number of fused-ring (bicyclic) bond motifs is 3. The quantitative estimate of drug-likeness (QED) is 0.685. The first-order chi connectivity index (χ1) is 14.8. The van der Waals surface area contributed by atoms with E-state index in [1.165, 1.54) is 0 Å². The molecule has 2 aromatic heterocycles. The molecule has 3 aliphatic rings. The average molecular weight is 403 g/mol. The minimum atomic E-state index is 0.0716. The SMILES string of the molecule is O=C(NCc1cccnc1)[C@H]1CN2CC[C@H]1C[C@@H]2Cn1cc(-c2ccccc2)nn1. The van der Waals surface area contributed by atoms with Gasteiger partial charge < -0.3 is 5.32 Å².